The van der Waals surface area contributed by atoms with E-state index in [4.69, 9.17) is 5.26 Å². The van der Waals surface area contributed by atoms with Crippen LogP contribution in [0.15, 0.2) is 36.5 Å². The molecule has 0 N–H and O–H groups in total. The molecule has 0 aromatic heterocycles. The van der Waals surface area contributed by atoms with Gasteiger partial charge in [0.15, 0.2) is 0 Å². The number of hydrogen-bond donors (Lipinski definition) is 0. The molecule has 0 heterocycles. The van der Waals surface area contributed by atoms with Gasteiger partial charge in [0.2, 0.25) is 0 Å². The van der Waals surface area contributed by atoms with Crippen molar-refractivity contribution in [2.24, 2.45) is 5.41 Å². The van der Waals surface area contributed by atoms with Crippen molar-refractivity contribution in [3.05, 3.63) is 36.5 Å². The first kappa shape index (κ1) is 20.1. The maximum Gasteiger partial charge on any atom is 1.00 e. The molecule has 4 heteroatoms. The van der Waals surface area contributed by atoms with Crippen LogP contribution in [0.2, 0.25) is 0 Å². The summed E-state index contributed by atoms with van der Waals surface area (Å²) in [5.74, 6) is -1.20. The fourth-order valence-electron chi connectivity index (χ4n) is 1.87. The van der Waals surface area contributed by atoms with Crippen LogP contribution in [0.5, 0.6) is 0 Å². The second-order valence-corrected chi connectivity index (χ2v) is 3.81. The molecule has 0 bridgehead atoms. The van der Waals surface area contributed by atoms with Crippen molar-refractivity contribution in [2.45, 2.75) is 33.1 Å². The van der Waals surface area contributed by atoms with Gasteiger partial charge in [-0.25, -0.2) is 0 Å². The van der Waals surface area contributed by atoms with E-state index in [1.54, 1.807) is 25.2 Å². The van der Waals surface area contributed by atoms with Crippen molar-refractivity contribution in [2.75, 3.05) is 0 Å². The van der Waals surface area contributed by atoms with Crippen LogP contribution in [-0.4, -0.2) is 5.97 Å². The molecular weight excluding hydrogens is 253 g/mol. The second-order valence-electron chi connectivity index (χ2n) is 3.81. The van der Waals surface area contributed by atoms with Gasteiger partial charge in [0.25, 0.3) is 0 Å². The molecule has 0 amide bonds. The average Bonchev–Trinajstić information content (AvgIpc) is 2.28. The quantitative estimate of drug-likeness (QED) is 0.446. The van der Waals surface area contributed by atoms with Crippen LogP contribution < -0.4 is 56.5 Å². The molecule has 0 aromatic rings. The molecule has 0 spiro atoms. The number of carbonyl (C=O) groups excluding carboxylic acids is 1. The second kappa shape index (κ2) is 10.7. The largest absolute Gasteiger partial charge is 1.00 e. The van der Waals surface area contributed by atoms with Crippen LogP contribution in [0.1, 0.15) is 33.1 Å². The number of aliphatic carboxylic acids is 1. The predicted molar refractivity (Wildman–Crippen MR) is 65.7 cm³/mol. The Kier molecular flexibility index (Phi) is 12.0. The first-order valence-electron chi connectivity index (χ1n) is 5.63. The van der Waals surface area contributed by atoms with Crippen LogP contribution >= 0.6 is 0 Å². The Morgan fingerprint density at radius 2 is 2.17 bits per heavy atom. The van der Waals surface area contributed by atoms with E-state index in [1.807, 2.05) is 13.0 Å². The van der Waals surface area contributed by atoms with Crippen molar-refractivity contribution in [1.29, 1.82) is 5.26 Å². The van der Waals surface area contributed by atoms with Gasteiger partial charge in [-0.3, -0.25) is 0 Å². The number of nitriles is 1. The van der Waals surface area contributed by atoms with Crippen molar-refractivity contribution in [3.63, 3.8) is 0 Å². The fraction of sp³-hybridized carbons (Fsp3) is 0.429. The third-order valence-corrected chi connectivity index (χ3v) is 2.64. The third-order valence-electron chi connectivity index (χ3n) is 2.64. The van der Waals surface area contributed by atoms with Gasteiger partial charge in [0.1, 0.15) is 0 Å². The van der Waals surface area contributed by atoms with E-state index in [9.17, 15) is 9.90 Å². The fourth-order valence-corrected chi connectivity index (χ4v) is 1.87. The van der Waals surface area contributed by atoms with Crippen molar-refractivity contribution < 1.29 is 61.3 Å². The molecule has 0 aromatic carbocycles. The molecule has 0 radical (unpaired) electrons. The first-order chi connectivity index (χ1) is 8.08. The summed E-state index contributed by atoms with van der Waals surface area (Å²) in [6, 6.07) is 1.94. The number of carboxylic acids is 1. The molecule has 0 saturated heterocycles. The Hall–Kier alpha value is -0.184. The van der Waals surface area contributed by atoms with Gasteiger partial charge < -0.3 is 9.90 Å². The molecular formula is C14H18KNO2. The molecule has 0 rings (SSSR count). The summed E-state index contributed by atoms with van der Waals surface area (Å²) in [5, 5.41) is 20.3. The van der Waals surface area contributed by atoms with E-state index in [2.05, 4.69) is 6.58 Å². The van der Waals surface area contributed by atoms with E-state index in [-0.39, 0.29) is 57.8 Å². The zero-order chi connectivity index (χ0) is 13.3. The van der Waals surface area contributed by atoms with Gasteiger partial charge in [-0.2, -0.15) is 5.26 Å². The zero-order valence-electron chi connectivity index (χ0n) is 11.4. The molecule has 3 nitrogen and oxygen atoms in total. The zero-order valence-corrected chi connectivity index (χ0v) is 14.5. The molecule has 0 saturated carbocycles. The standard InChI is InChI=1S/C14H19NO2.K/c1-4-7-12(8-5-2)14(9-6-3,10-11-15)13(16)17;/h4-5,7-8H,1,6,9-10H2,2-3H3,(H,16,17);/q;+1/p-1/b8-5-,12-7+;. The summed E-state index contributed by atoms with van der Waals surface area (Å²) < 4.78 is 0. The molecule has 0 fully saturated rings. The van der Waals surface area contributed by atoms with E-state index in [0.717, 1.165) is 0 Å². The van der Waals surface area contributed by atoms with Crippen LogP contribution in [0.25, 0.3) is 0 Å². The van der Waals surface area contributed by atoms with Gasteiger partial charge in [-0.05, 0) is 18.9 Å². The van der Waals surface area contributed by atoms with Crippen molar-refractivity contribution >= 4 is 5.97 Å². The number of hydrogen-bond acceptors (Lipinski definition) is 3. The Labute approximate surface area is 152 Å². The van der Waals surface area contributed by atoms with Crippen LogP contribution in [0.4, 0.5) is 0 Å². The maximum atomic E-state index is 11.4. The molecule has 1 atom stereocenters. The topological polar surface area (TPSA) is 63.9 Å². The predicted octanol–water partition coefficient (Wildman–Crippen LogP) is -0.871. The molecule has 0 aliphatic rings. The van der Waals surface area contributed by atoms with Gasteiger partial charge in [-0.15, -0.1) is 0 Å². The minimum atomic E-state index is -1.23. The van der Waals surface area contributed by atoms with Gasteiger partial charge in [0.05, 0.1) is 18.5 Å². The third kappa shape index (κ3) is 5.21. The van der Waals surface area contributed by atoms with E-state index < -0.39 is 11.4 Å². The summed E-state index contributed by atoms with van der Waals surface area (Å²) >= 11 is 0. The minimum absolute atomic E-state index is 0. The van der Waals surface area contributed by atoms with Crippen LogP contribution in [0, 0.1) is 16.7 Å². The van der Waals surface area contributed by atoms with Gasteiger partial charge in [0, 0.05) is 5.41 Å². The van der Waals surface area contributed by atoms with Crippen molar-refractivity contribution in [1.82, 2.24) is 0 Å². The first-order valence-corrected chi connectivity index (χ1v) is 5.63. The van der Waals surface area contributed by atoms with E-state index in [1.165, 1.54) is 6.08 Å². The Bertz CT molecular complexity index is 380. The summed E-state index contributed by atoms with van der Waals surface area (Å²) in [5.41, 5.74) is -0.664. The average molecular weight is 271 g/mol. The number of rotatable bonds is 7. The molecule has 0 aliphatic carbocycles. The van der Waals surface area contributed by atoms with Crippen molar-refractivity contribution in [3.8, 4) is 6.07 Å². The normalized spacial score (nSPS) is 14.4. The summed E-state index contributed by atoms with van der Waals surface area (Å²) in [6.45, 7) is 7.26. The maximum absolute atomic E-state index is 11.4. The molecule has 92 valence electrons. The van der Waals surface area contributed by atoms with Gasteiger partial charge in [-0.1, -0.05) is 44.2 Å². The SMILES string of the molecule is C=C/C=C(\C=C/C)C(CC#N)(CCC)C(=O)[O-].[K+]. The summed E-state index contributed by atoms with van der Waals surface area (Å²) in [6.07, 6.45) is 7.56. The molecule has 18 heavy (non-hydrogen) atoms. The molecule has 1 unspecified atom stereocenters. The Morgan fingerprint density at radius 3 is 2.50 bits per heavy atom. The van der Waals surface area contributed by atoms with E-state index in [0.29, 0.717) is 18.4 Å². The summed E-state index contributed by atoms with van der Waals surface area (Å²) in [7, 11) is 0. The monoisotopic (exact) mass is 271 g/mol. The Balaban J connectivity index is 0. The van der Waals surface area contributed by atoms with Crippen LogP contribution in [-0.2, 0) is 4.79 Å². The van der Waals surface area contributed by atoms with E-state index >= 15 is 0 Å². The smallest absolute Gasteiger partial charge is 0.549 e. The molecule has 0 aliphatic heterocycles. The minimum Gasteiger partial charge on any atom is -0.549 e. The number of allylic oxidation sites excluding steroid dienone is 4. The Morgan fingerprint density at radius 1 is 1.56 bits per heavy atom. The van der Waals surface area contributed by atoms with Gasteiger partial charge >= 0.3 is 51.4 Å². The summed E-state index contributed by atoms with van der Waals surface area (Å²) in [4.78, 5) is 11.4. The number of nitrogens with zero attached hydrogens (tertiary/aromatic N) is 1. The van der Waals surface area contributed by atoms with Crippen LogP contribution in [0.3, 0.4) is 0 Å². The number of carboxylic acid groups (broad SMARTS) is 1. The number of carbonyl (C=O) groups is 1.